The maximum atomic E-state index is 12.0. The Morgan fingerprint density at radius 3 is 2.57 bits per heavy atom. The van der Waals surface area contributed by atoms with E-state index in [4.69, 9.17) is 11.5 Å². The summed E-state index contributed by atoms with van der Waals surface area (Å²) in [6.07, 6.45) is -1.32. The van der Waals surface area contributed by atoms with Crippen LogP contribution in [0.25, 0.3) is 0 Å². The van der Waals surface area contributed by atoms with Gasteiger partial charge in [0.05, 0.1) is 0 Å². The number of nitrogen functional groups attached to an aromatic ring is 1. The molecule has 0 amide bonds. The van der Waals surface area contributed by atoms with Crippen molar-refractivity contribution in [1.82, 2.24) is 4.98 Å². The lowest BCUT2D eigenvalue weighted by Crippen LogP contribution is -2.16. The first-order valence-electron chi connectivity index (χ1n) is 3.85. The molecule has 1 atom stereocenters. The van der Waals surface area contributed by atoms with E-state index in [1.807, 2.05) is 0 Å². The number of nitrogens with zero attached hydrogens (tertiary/aromatic N) is 1. The topological polar surface area (TPSA) is 64.9 Å². The SMILES string of the molecule is Cl.Nc1ncccc1[C@H](N)CC(F)F. The van der Waals surface area contributed by atoms with Crippen LogP contribution in [0.5, 0.6) is 0 Å². The van der Waals surface area contributed by atoms with Gasteiger partial charge in [-0.25, -0.2) is 13.8 Å². The van der Waals surface area contributed by atoms with E-state index in [1.54, 1.807) is 12.1 Å². The van der Waals surface area contributed by atoms with Crippen LogP contribution in [0.2, 0.25) is 0 Å². The van der Waals surface area contributed by atoms with Crippen LogP contribution < -0.4 is 11.5 Å². The monoisotopic (exact) mass is 223 g/mol. The highest BCUT2D eigenvalue weighted by atomic mass is 35.5. The molecule has 0 saturated heterocycles. The van der Waals surface area contributed by atoms with Crippen molar-refractivity contribution in [2.45, 2.75) is 18.9 Å². The summed E-state index contributed by atoms with van der Waals surface area (Å²) >= 11 is 0. The molecule has 1 rings (SSSR count). The minimum atomic E-state index is -2.42. The van der Waals surface area contributed by atoms with E-state index in [9.17, 15) is 8.78 Å². The Labute approximate surface area is 86.9 Å². The number of halogens is 3. The lowest BCUT2D eigenvalue weighted by molar-refractivity contribution is 0.128. The van der Waals surface area contributed by atoms with Gasteiger partial charge < -0.3 is 11.5 Å². The van der Waals surface area contributed by atoms with Crippen LogP contribution in [0, 0.1) is 0 Å². The van der Waals surface area contributed by atoms with Gasteiger partial charge in [-0.2, -0.15) is 0 Å². The van der Waals surface area contributed by atoms with Crippen LogP contribution in [-0.4, -0.2) is 11.4 Å². The molecule has 0 fully saturated rings. The quantitative estimate of drug-likeness (QED) is 0.821. The van der Waals surface area contributed by atoms with Crippen LogP contribution in [0.4, 0.5) is 14.6 Å². The average molecular weight is 224 g/mol. The maximum Gasteiger partial charge on any atom is 0.240 e. The molecule has 0 aliphatic heterocycles. The van der Waals surface area contributed by atoms with Gasteiger partial charge in [-0.3, -0.25) is 0 Å². The predicted molar refractivity (Wildman–Crippen MR) is 53.4 cm³/mol. The van der Waals surface area contributed by atoms with Crippen molar-refractivity contribution in [3.63, 3.8) is 0 Å². The van der Waals surface area contributed by atoms with Gasteiger partial charge in [-0.05, 0) is 6.07 Å². The van der Waals surface area contributed by atoms with Crippen molar-refractivity contribution in [2.75, 3.05) is 5.73 Å². The highest BCUT2D eigenvalue weighted by molar-refractivity contribution is 5.85. The van der Waals surface area contributed by atoms with Crippen molar-refractivity contribution in [2.24, 2.45) is 5.73 Å². The molecule has 4 N–H and O–H groups in total. The Hall–Kier alpha value is -0.940. The molecule has 0 spiro atoms. The van der Waals surface area contributed by atoms with E-state index in [-0.39, 0.29) is 18.2 Å². The van der Waals surface area contributed by atoms with Gasteiger partial charge in [-0.15, -0.1) is 12.4 Å². The van der Waals surface area contributed by atoms with E-state index in [0.29, 0.717) is 5.56 Å². The Morgan fingerprint density at radius 2 is 2.07 bits per heavy atom. The largest absolute Gasteiger partial charge is 0.383 e. The van der Waals surface area contributed by atoms with Gasteiger partial charge in [0, 0.05) is 24.2 Å². The molecule has 80 valence electrons. The first-order valence-corrected chi connectivity index (χ1v) is 3.85. The summed E-state index contributed by atoms with van der Waals surface area (Å²) in [4.78, 5) is 3.76. The third-order valence-corrected chi connectivity index (χ3v) is 1.70. The Bertz CT molecular complexity index is 283. The highest BCUT2D eigenvalue weighted by Gasteiger charge is 2.14. The molecule has 6 heteroatoms. The fraction of sp³-hybridized carbons (Fsp3) is 0.375. The smallest absolute Gasteiger partial charge is 0.240 e. The zero-order chi connectivity index (χ0) is 9.84. The second kappa shape index (κ2) is 5.72. The van der Waals surface area contributed by atoms with Crippen molar-refractivity contribution in [3.05, 3.63) is 23.9 Å². The Kier molecular flexibility index (Phi) is 5.34. The maximum absolute atomic E-state index is 12.0. The van der Waals surface area contributed by atoms with Crippen LogP contribution >= 0.6 is 12.4 Å². The molecular formula is C8H12ClF2N3. The minimum absolute atomic E-state index is 0. The average Bonchev–Trinajstić information content (AvgIpc) is 2.03. The van der Waals surface area contributed by atoms with E-state index in [0.717, 1.165) is 0 Å². The number of anilines is 1. The molecule has 0 saturated carbocycles. The van der Waals surface area contributed by atoms with Crippen LogP contribution in [0.1, 0.15) is 18.0 Å². The fourth-order valence-corrected chi connectivity index (χ4v) is 1.06. The van der Waals surface area contributed by atoms with E-state index >= 15 is 0 Å². The number of alkyl halides is 2. The molecular weight excluding hydrogens is 212 g/mol. The molecule has 14 heavy (non-hydrogen) atoms. The summed E-state index contributed by atoms with van der Waals surface area (Å²) in [7, 11) is 0. The molecule has 0 aliphatic rings. The number of hydrogen-bond donors (Lipinski definition) is 2. The molecule has 0 bridgehead atoms. The normalized spacial score (nSPS) is 12.3. The summed E-state index contributed by atoms with van der Waals surface area (Å²) in [6, 6.07) is 2.49. The molecule has 1 aromatic rings. The lowest BCUT2D eigenvalue weighted by atomic mass is 10.1. The first-order chi connectivity index (χ1) is 6.11. The molecule has 3 nitrogen and oxygen atoms in total. The summed E-state index contributed by atoms with van der Waals surface area (Å²) in [6.45, 7) is 0. The highest BCUT2D eigenvalue weighted by Crippen LogP contribution is 2.21. The standard InChI is InChI=1S/C8H11F2N3.ClH/c9-7(10)4-6(11)5-2-1-3-13-8(5)12;/h1-3,6-7H,4,11H2,(H2,12,13);1H/t6-;/m1./s1. The van der Waals surface area contributed by atoms with Crippen molar-refractivity contribution >= 4 is 18.2 Å². The number of aromatic nitrogens is 1. The van der Waals surface area contributed by atoms with Gasteiger partial charge in [0.15, 0.2) is 0 Å². The summed E-state index contributed by atoms with van der Waals surface area (Å²) in [5.74, 6) is 0.218. The minimum Gasteiger partial charge on any atom is -0.383 e. The molecule has 0 radical (unpaired) electrons. The zero-order valence-corrected chi connectivity index (χ0v) is 8.18. The summed E-state index contributed by atoms with van der Waals surface area (Å²) in [5, 5.41) is 0. The number of rotatable bonds is 3. The number of pyridine rings is 1. The second-order valence-corrected chi connectivity index (χ2v) is 2.71. The Balaban J connectivity index is 0.00000169. The van der Waals surface area contributed by atoms with Crippen LogP contribution in [-0.2, 0) is 0 Å². The number of nitrogens with two attached hydrogens (primary N) is 2. The van der Waals surface area contributed by atoms with E-state index in [2.05, 4.69) is 4.98 Å². The predicted octanol–water partition coefficient (Wildman–Crippen LogP) is 1.74. The van der Waals surface area contributed by atoms with E-state index < -0.39 is 18.9 Å². The third-order valence-electron chi connectivity index (χ3n) is 1.70. The third kappa shape index (κ3) is 3.43. The van der Waals surface area contributed by atoms with Gasteiger partial charge in [0.1, 0.15) is 5.82 Å². The van der Waals surface area contributed by atoms with Gasteiger partial charge in [0.2, 0.25) is 6.43 Å². The number of hydrogen-bond acceptors (Lipinski definition) is 3. The van der Waals surface area contributed by atoms with Crippen molar-refractivity contribution in [1.29, 1.82) is 0 Å². The molecule has 0 aliphatic carbocycles. The molecule has 0 unspecified atom stereocenters. The van der Waals surface area contributed by atoms with Crippen molar-refractivity contribution < 1.29 is 8.78 Å². The summed E-state index contributed by atoms with van der Waals surface area (Å²) < 4.78 is 23.9. The van der Waals surface area contributed by atoms with E-state index in [1.165, 1.54) is 6.20 Å². The van der Waals surface area contributed by atoms with Crippen LogP contribution in [0.3, 0.4) is 0 Å². The van der Waals surface area contributed by atoms with Crippen LogP contribution in [0.15, 0.2) is 18.3 Å². The lowest BCUT2D eigenvalue weighted by Gasteiger charge is -2.12. The molecule has 1 heterocycles. The summed E-state index contributed by atoms with van der Waals surface area (Å²) in [5.41, 5.74) is 11.4. The zero-order valence-electron chi connectivity index (χ0n) is 7.36. The van der Waals surface area contributed by atoms with Crippen molar-refractivity contribution in [3.8, 4) is 0 Å². The van der Waals surface area contributed by atoms with Gasteiger partial charge in [0.25, 0.3) is 0 Å². The fourth-order valence-electron chi connectivity index (χ4n) is 1.06. The van der Waals surface area contributed by atoms with Gasteiger partial charge >= 0.3 is 0 Å². The van der Waals surface area contributed by atoms with Gasteiger partial charge in [-0.1, -0.05) is 6.07 Å². The molecule has 0 aromatic carbocycles. The second-order valence-electron chi connectivity index (χ2n) is 2.71. The first kappa shape index (κ1) is 13.1. The Morgan fingerprint density at radius 1 is 1.43 bits per heavy atom. The molecule has 1 aromatic heterocycles.